The van der Waals surface area contributed by atoms with Crippen molar-refractivity contribution in [1.82, 2.24) is 4.98 Å². The Morgan fingerprint density at radius 3 is 2.52 bits per heavy atom. The highest BCUT2D eigenvalue weighted by atomic mass is 19.1. The number of carbonyl (C=O) groups is 1. The zero-order chi connectivity index (χ0) is 15.1. The minimum absolute atomic E-state index is 0.137. The fourth-order valence-electron chi connectivity index (χ4n) is 2.14. The first-order chi connectivity index (χ1) is 9.97. The Hall–Kier alpha value is -2.76. The van der Waals surface area contributed by atoms with Crippen LogP contribution in [0.15, 0.2) is 34.7 Å². The smallest absolute Gasteiger partial charge is 0.336 e. The summed E-state index contributed by atoms with van der Waals surface area (Å²) in [6, 6.07) is 6.22. The van der Waals surface area contributed by atoms with Crippen LogP contribution in [0.2, 0.25) is 0 Å². The molecule has 0 bridgehead atoms. The number of carboxylic acid groups (broad SMARTS) is 1. The number of aryl methyl sites for hydroxylation is 1. The Morgan fingerprint density at radius 1 is 1.19 bits per heavy atom. The average molecular weight is 289 g/mol. The van der Waals surface area contributed by atoms with Crippen molar-refractivity contribution in [1.29, 1.82) is 0 Å². The third kappa shape index (κ3) is 2.14. The lowest BCUT2D eigenvalue weighted by Crippen LogP contribution is -2.03. The topological polar surface area (TPSA) is 63.3 Å². The summed E-state index contributed by atoms with van der Waals surface area (Å²) in [6.07, 6.45) is 0. The van der Waals surface area contributed by atoms with E-state index in [1.54, 1.807) is 19.1 Å². The predicted octanol–water partition coefficient (Wildman–Crippen LogP) is 3.78. The van der Waals surface area contributed by atoms with Gasteiger partial charge in [0, 0.05) is 0 Å². The van der Waals surface area contributed by atoms with Gasteiger partial charge in [-0.05, 0) is 37.3 Å². The number of hydrogen-bond acceptors (Lipinski definition) is 3. The lowest BCUT2D eigenvalue weighted by Gasteiger charge is -2.07. The number of benzene rings is 1. The van der Waals surface area contributed by atoms with E-state index in [4.69, 9.17) is 4.42 Å². The third-order valence-electron chi connectivity index (χ3n) is 3.08. The van der Waals surface area contributed by atoms with Gasteiger partial charge in [-0.3, -0.25) is 0 Å². The summed E-state index contributed by atoms with van der Waals surface area (Å²) >= 11 is 0. The number of aromatic carboxylic acids is 1. The van der Waals surface area contributed by atoms with Gasteiger partial charge in [0.05, 0.1) is 10.9 Å². The largest absolute Gasteiger partial charge is 0.478 e. The van der Waals surface area contributed by atoms with E-state index < -0.39 is 17.6 Å². The number of rotatable bonds is 2. The Bertz CT molecular complexity index is 871. The molecule has 1 aromatic carbocycles. The number of pyridine rings is 1. The molecular weight excluding hydrogens is 280 g/mol. The molecule has 0 aliphatic carbocycles. The van der Waals surface area contributed by atoms with Crippen LogP contribution in [0.5, 0.6) is 0 Å². The van der Waals surface area contributed by atoms with E-state index in [9.17, 15) is 18.7 Å². The molecule has 0 aliphatic heterocycles. The van der Waals surface area contributed by atoms with Crippen LogP contribution in [-0.2, 0) is 0 Å². The minimum Gasteiger partial charge on any atom is -0.478 e. The van der Waals surface area contributed by atoms with E-state index in [1.165, 1.54) is 6.07 Å². The molecule has 3 rings (SSSR count). The number of aromatic nitrogens is 1. The van der Waals surface area contributed by atoms with Gasteiger partial charge in [-0.1, -0.05) is 0 Å². The van der Waals surface area contributed by atoms with Crippen LogP contribution in [0.4, 0.5) is 8.78 Å². The fraction of sp³-hybridized carbons (Fsp3) is 0.0667. The molecule has 21 heavy (non-hydrogen) atoms. The first-order valence-corrected chi connectivity index (χ1v) is 6.06. The van der Waals surface area contributed by atoms with Crippen molar-refractivity contribution in [2.45, 2.75) is 6.92 Å². The van der Waals surface area contributed by atoms with Crippen LogP contribution in [0.1, 0.15) is 16.1 Å². The van der Waals surface area contributed by atoms with Crippen LogP contribution in [0.25, 0.3) is 22.4 Å². The van der Waals surface area contributed by atoms with E-state index in [1.807, 2.05) is 0 Å². The molecule has 0 saturated carbocycles. The highest BCUT2D eigenvalue weighted by Crippen LogP contribution is 2.29. The van der Waals surface area contributed by atoms with Crippen molar-refractivity contribution < 1.29 is 23.1 Å². The highest BCUT2D eigenvalue weighted by molar-refractivity contribution is 6.04. The maximum atomic E-state index is 13.9. The van der Waals surface area contributed by atoms with E-state index in [0.29, 0.717) is 11.5 Å². The molecule has 0 unspecified atom stereocenters. The molecule has 0 atom stereocenters. The van der Waals surface area contributed by atoms with Crippen LogP contribution >= 0.6 is 0 Å². The van der Waals surface area contributed by atoms with Gasteiger partial charge in [0.2, 0.25) is 0 Å². The molecule has 4 nitrogen and oxygen atoms in total. The zero-order valence-corrected chi connectivity index (χ0v) is 10.9. The van der Waals surface area contributed by atoms with Crippen LogP contribution in [0.3, 0.4) is 0 Å². The van der Waals surface area contributed by atoms with Crippen LogP contribution in [0, 0.1) is 18.6 Å². The lowest BCUT2D eigenvalue weighted by atomic mass is 10.1. The van der Waals surface area contributed by atoms with E-state index in [0.717, 1.165) is 12.1 Å². The predicted molar refractivity (Wildman–Crippen MR) is 71.1 cm³/mol. The Labute approximate surface area is 117 Å². The van der Waals surface area contributed by atoms with Crippen molar-refractivity contribution in [3.05, 3.63) is 53.3 Å². The zero-order valence-electron chi connectivity index (χ0n) is 10.9. The highest BCUT2D eigenvalue weighted by Gasteiger charge is 2.19. The molecule has 0 spiro atoms. The summed E-state index contributed by atoms with van der Waals surface area (Å²) in [5.74, 6) is -2.10. The second-order valence-corrected chi connectivity index (χ2v) is 4.52. The van der Waals surface area contributed by atoms with Gasteiger partial charge >= 0.3 is 5.97 Å². The van der Waals surface area contributed by atoms with Gasteiger partial charge in [-0.25, -0.2) is 18.6 Å². The minimum atomic E-state index is -1.36. The molecule has 2 aromatic heterocycles. The molecule has 0 amide bonds. The Balaban J connectivity index is 2.40. The summed E-state index contributed by atoms with van der Waals surface area (Å²) in [7, 11) is 0. The Kier molecular flexibility index (Phi) is 2.94. The fourth-order valence-corrected chi connectivity index (χ4v) is 2.14. The lowest BCUT2D eigenvalue weighted by molar-refractivity contribution is 0.0698. The Morgan fingerprint density at radius 2 is 1.90 bits per heavy atom. The van der Waals surface area contributed by atoms with Gasteiger partial charge in [0.1, 0.15) is 28.6 Å². The quantitative estimate of drug-likeness (QED) is 0.779. The van der Waals surface area contributed by atoms with E-state index in [-0.39, 0.29) is 22.2 Å². The molecule has 106 valence electrons. The SMILES string of the molecule is Cc1ccc(-c2cc(C(=O)O)c3c(F)ccc(F)c3n2)o1. The number of carboxylic acids is 1. The summed E-state index contributed by atoms with van der Waals surface area (Å²) in [5.41, 5.74) is -0.558. The van der Waals surface area contributed by atoms with Crippen molar-refractivity contribution >= 4 is 16.9 Å². The van der Waals surface area contributed by atoms with Gasteiger partial charge in [-0.15, -0.1) is 0 Å². The number of hydrogen-bond donors (Lipinski definition) is 1. The number of halogens is 2. The second kappa shape index (κ2) is 4.66. The van der Waals surface area contributed by atoms with Crippen LogP contribution < -0.4 is 0 Å². The maximum absolute atomic E-state index is 13.9. The van der Waals surface area contributed by atoms with Gasteiger partial charge in [-0.2, -0.15) is 0 Å². The van der Waals surface area contributed by atoms with Crippen molar-refractivity contribution in [2.24, 2.45) is 0 Å². The first kappa shape index (κ1) is 13.2. The summed E-state index contributed by atoms with van der Waals surface area (Å²) in [6.45, 7) is 1.71. The summed E-state index contributed by atoms with van der Waals surface area (Å²) in [4.78, 5) is 15.3. The van der Waals surface area contributed by atoms with Gasteiger partial charge < -0.3 is 9.52 Å². The first-order valence-electron chi connectivity index (χ1n) is 6.06. The molecule has 0 saturated heterocycles. The van der Waals surface area contributed by atoms with Crippen molar-refractivity contribution in [3.63, 3.8) is 0 Å². The maximum Gasteiger partial charge on any atom is 0.336 e. The van der Waals surface area contributed by atoms with Crippen molar-refractivity contribution in [2.75, 3.05) is 0 Å². The molecule has 0 radical (unpaired) electrons. The van der Waals surface area contributed by atoms with E-state index in [2.05, 4.69) is 4.98 Å². The van der Waals surface area contributed by atoms with E-state index >= 15 is 0 Å². The number of nitrogens with zero attached hydrogens (tertiary/aromatic N) is 1. The van der Waals surface area contributed by atoms with Crippen molar-refractivity contribution in [3.8, 4) is 11.5 Å². The van der Waals surface area contributed by atoms with Gasteiger partial charge in [0.15, 0.2) is 5.76 Å². The van der Waals surface area contributed by atoms with Gasteiger partial charge in [0.25, 0.3) is 0 Å². The molecule has 6 heteroatoms. The molecule has 2 heterocycles. The molecule has 0 fully saturated rings. The second-order valence-electron chi connectivity index (χ2n) is 4.52. The average Bonchev–Trinajstić information content (AvgIpc) is 2.88. The number of fused-ring (bicyclic) bond motifs is 1. The number of furan rings is 1. The summed E-state index contributed by atoms with van der Waals surface area (Å²) in [5, 5.41) is 8.87. The third-order valence-corrected chi connectivity index (χ3v) is 3.08. The summed E-state index contributed by atoms with van der Waals surface area (Å²) < 4.78 is 33.0. The standard InChI is InChI=1S/C15H9F2NO3/c1-7-2-5-12(21-7)11-6-8(15(19)20)13-9(16)3-4-10(17)14(13)18-11/h2-6H,1H3,(H,19,20). The monoisotopic (exact) mass is 289 g/mol. The molecular formula is C15H9F2NO3. The van der Waals surface area contributed by atoms with Crippen LogP contribution in [-0.4, -0.2) is 16.1 Å². The molecule has 1 N–H and O–H groups in total. The normalized spacial score (nSPS) is 11.0. The molecule has 3 aromatic rings. The molecule has 0 aliphatic rings.